The van der Waals surface area contributed by atoms with Crippen molar-refractivity contribution in [2.24, 2.45) is 11.7 Å². The van der Waals surface area contributed by atoms with Crippen LogP contribution < -0.4 is 15.8 Å². The normalized spacial score (nSPS) is 22.0. The standard InChI is InChI=1S/C28H31F3N4O2/c1-2-37-22-9-4-7-19(15-22)26(33)23-16-21(11-12-24(23)32)34-27(36)25-10-5-13-35(25)17-18-6-3-8-20(14-18)28(29,30)31/h3-4,6-9,11-12,14-16,23-25,33H,2,5,10,13,17,32H2,1H3,(H,34,36). The topological polar surface area (TPSA) is 91.4 Å². The summed E-state index contributed by atoms with van der Waals surface area (Å²) in [7, 11) is 0. The van der Waals surface area contributed by atoms with E-state index in [2.05, 4.69) is 5.32 Å². The third-order valence-corrected chi connectivity index (χ3v) is 6.63. The van der Waals surface area contributed by atoms with Gasteiger partial charge in [-0.2, -0.15) is 13.2 Å². The molecule has 1 aliphatic heterocycles. The fourth-order valence-electron chi connectivity index (χ4n) is 4.78. The van der Waals surface area contributed by atoms with E-state index >= 15 is 0 Å². The Morgan fingerprint density at radius 2 is 2.00 bits per heavy atom. The maximum atomic E-state index is 13.2. The number of hydrogen-bond donors (Lipinski definition) is 3. The zero-order valence-electron chi connectivity index (χ0n) is 20.6. The van der Waals surface area contributed by atoms with E-state index in [1.807, 2.05) is 30.0 Å². The van der Waals surface area contributed by atoms with Crippen molar-refractivity contribution in [3.8, 4) is 5.75 Å². The number of alkyl halides is 3. The summed E-state index contributed by atoms with van der Waals surface area (Å²) in [6.45, 7) is 3.29. The lowest BCUT2D eigenvalue weighted by Crippen LogP contribution is -2.43. The van der Waals surface area contributed by atoms with Gasteiger partial charge in [-0.1, -0.05) is 36.4 Å². The van der Waals surface area contributed by atoms with Crippen molar-refractivity contribution in [1.82, 2.24) is 10.2 Å². The molecular weight excluding hydrogens is 481 g/mol. The molecule has 2 aliphatic rings. The summed E-state index contributed by atoms with van der Waals surface area (Å²) in [5.41, 5.74) is 7.65. The Morgan fingerprint density at radius 1 is 1.22 bits per heavy atom. The Bertz CT molecular complexity index is 1210. The maximum absolute atomic E-state index is 13.2. The summed E-state index contributed by atoms with van der Waals surface area (Å²) in [6, 6.07) is 11.6. The minimum atomic E-state index is -4.41. The lowest BCUT2D eigenvalue weighted by Gasteiger charge is -2.27. The molecule has 0 spiro atoms. The van der Waals surface area contributed by atoms with Crippen LogP contribution >= 0.6 is 0 Å². The van der Waals surface area contributed by atoms with E-state index < -0.39 is 29.7 Å². The Kier molecular flexibility index (Phi) is 8.14. The van der Waals surface area contributed by atoms with Crippen LogP contribution in [0.15, 0.2) is 72.5 Å². The number of nitrogens with one attached hydrogen (secondary N) is 2. The number of amides is 1. The van der Waals surface area contributed by atoms with Gasteiger partial charge in [0.05, 0.1) is 18.2 Å². The van der Waals surface area contributed by atoms with Crippen molar-refractivity contribution < 1.29 is 22.7 Å². The van der Waals surface area contributed by atoms with Gasteiger partial charge in [0.1, 0.15) is 5.75 Å². The van der Waals surface area contributed by atoms with Gasteiger partial charge in [-0.25, -0.2) is 0 Å². The fraction of sp³-hybridized carbons (Fsp3) is 0.357. The first kappa shape index (κ1) is 26.6. The van der Waals surface area contributed by atoms with Crippen molar-refractivity contribution in [2.75, 3.05) is 13.2 Å². The summed E-state index contributed by atoms with van der Waals surface area (Å²) in [4.78, 5) is 15.1. The van der Waals surface area contributed by atoms with E-state index in [0.29, 0.717) is 47.9 Å². The number of allylic oxidation sites excluding steroid dienone is 1. The first-order valence-corrected chi connectivity index (χ1v) is 12.3. The second kappa shape index (κ2) is 11.3. The van der Waals surface area contributed by atoms with E-state index in [4.69, 9.17) is 15.9 Å². The molecule has 1 fully saturated rings. The molecule has 1 saturated heterocycles. The molecule has 6 nitrogen and oxygen atoms in total. The van der Waals surface area contributed by atoms with Crippen LogP contribution in [0.4, 0.5) is 13.2 Å². The van der Waals surface area contributed by atoms with Crippen LogP contribution in [0.3, 0.4) is 0 Å². The second-order valence-electron chi connectivity index (χ2n) is 9.27. The number of nitrogens with two attached hydrogens (primary N) is 1. The smallest absolute Gasteiger partial charge is 0.416 e. The molecule has 0 saturated carbocycles. The summed E-state index contributed by atoms with van der Waals surface area (Å²) >= 11 is 0. The molecule has 37 heavy (non-hydrogen) atoms. The SMILES string of the molecule is CCOc1cccc(C(=N)C2C=C(NC(=O)C3CCCN3Cc3cccc(C(F)(F)F)c3)C=CC2N)c1. The number of likely N-dealkylation sites (tertiary alicyclic amines) is 1. The molecule has 3 unspecified atom stereocenters. The first-order chi connectivity index (χ1) is 17.7. The van der Waals surface area contributed by atoms with Crippen molar-refractivity contribution in [2.45, 2.75) is 44.6 Å². The average molecular weight is 513 g/mol. The van der Waals surface area contributed by atoms with Gasteiger partial charge in [-0.05, 0) is 67.8 Å². The molecule has 0 aromatic heterocycles. The summed E-state index contributed by atoms with van der Waals surface area (Å²) in [5, 5.41) is 11.7. The third-order valence-electron chi connectivity index (χ3n) is 6.63. The number of rotatable bonds is 8. The molecule has 1 aliphatic carbocycles. The number of hydrogen-bond acceptors (Lipinski definition) is 5. The van der Waals surface area contributed by atoms with Crippen molar-refractivity contribution in [3.05, 3.63) is 89.1 Å². The number of halogens is 3. The molecule has 0 radical (unpaired) electrons. The second-order valence-corrected chi connectivity index (χ2v) is 9.27. The highest BCUT2D eigenvalue weighted by Gasteiger charge is 2.33. The average Bonchev–Trinajstić information content (AvgIpc) is 3.33. The maximum Gasteiger partial charge on any atom is 0.416 e. The van der Waals surface area contributed by atoms with Gasteiger partial charge in [0.25, 0.3) is 0 Å². The Hall–Kier alpha value is -3.43. The molecular formula is C28H31F3N4O2. The number of carbonyl (C=O) groups excluding carboxylic acids is 1. The van der Waals surface area contributed by atoms with Crippen LogP contribution in [-0.4, -0.2) is 41.8 Å². The Morgan fingerprint density at radius 3 is 2.76 bits per heavy atom. The van der Waals surface area contributed by atoms with Crippen LogP contribution in [0.5, 0.6) is 5.75 Å². The Labute approximate surface area is 214 Å². The molecule has 1 amide bonds. The summed E-state index contributed by atoms with van der Waals surface area (Å²) in [5.74, 6) is 0.00529. The number of nitrogens with zero attached hydrogens (tertiary/aromatic N) is 1. The van der Waals surface area contributed by atoms with Gasteiger partial charge in [0.15, 0.2) is 0 Å². The monoisotopic (exact) mass is 512 g/mol. The van der Waals surface area contributed by atoms with Crippen LogP contribution in [0.25, 0.3) is 0 Å². The quantitative estimate of drug-likeness (QED) is 0.449. The molecule has 0 bridgehead atoms. The number of ether oxygens (including phenoxy) is 1. The molecule has 4 N–H and O–H groups in total. The lowest BCUT2D eigenvalue weighted by atomic mass is 9.86. The van der Waals surface area contributed by atoms with Gasteiger partial charge in [-0.3, -0.25) is 9.69 Å². The minimum absolute atomic E-state index is 0.223. The molecule has 1 heterocycles. The third kappa shape index (κ3) is 6.47. The zero-order valence-corrected chi connectivity index (χ0v) is 20.6. The van der Waals surface area contributed by atoms with Crippen LogP contribution in [0, 0.1) is 11.3 Å². The minimum Gasteiger partial charge on any atom is -0.494 e. The lowest BCUT2D eigenvalue weighted by molar-refractivity contribution is -0.137. The summed E-state index contributed by atoms with van der Waals surface area (Å²) < 4.78 is 44.9. The van der Waals surface area contributed by atoms with E-state index in [1.54, 1.807) is 30.4 Å². The van der Waals surface area contributed by atoms with Crippen molar-refractivity contribution in [1.29, 1.82) is 5.41 Å². The molecule has 4 rings (SSSR count). The van der Waals surface area contributed by atoms with Gasteiger partial charge in [-0.15, -0.1) is 0 Å². The van der Waals surface area contributed by atoms with Gasteiger partial charge >= 0.3 is 6.18 Å². The molecule has 3 atom stereocenters. The number of benzene rings is 2. The first-order valence-electron chi connectivity index (χ1n) is 12.3. The molecule has 196 valence electrons. The van der Waals surface area contributed by atoms with Gasteiger partial charge < -0.3 is 21.2 Å². The van der Waals surface area contributed by atoms with Crippen molar-refractivity contribution in [3.63, 3.8) is 0 Å². The van der Waals surface area contributed by atoms with Gasteiger partial charge in [0.2, 0.25) is 5.91 Å². The zero-order chi connectivity index (χ0) is 26.6. The van der Waals surface area contributed by atoms with Crippen LogP contribution in [-0.2, 0) is 17.5 Å². The highest BCUT2D eigenvalue weighted by Crippen LogP contribution is 2.30. The number of carbonyl (C=O) groups is 1. The highest BCUT2D eigenvalue weighted by molar-refractivity contribution is 6.02. The predicted octanol–water partition coefficient (Wildman–Crippen LogP) is 4.65. The van der Waals surface area contributed by atoms with E-state index in [-0.39, 0.29) is 12.5 Å². The highest BCUT2D eigenvalue weighted by atomic mass is 19.4. The predicted molar refractivity (Wildman–Crippen MR) is 136 cm³/mol. The van der Waals surface area contributed by atoms with Gasteiger partial charge in [0, 0.05) is 29.9 Å². The fourth-order valence-corrected chi connectivity index (χ4v) is 4.78. The van der Waals surface area contributed by atoms with E-state index in [0.717, 1.165) is 18.6 Å². The molecule has 2 aromatic rings. The molecule has 2 aromatic carbocycles. The van der Waals surface area contributed by atoms with Crippen molar-refractivity contribution >= 4 is 11.6 Å². The summed E-state index contributed by atoms with van der Waals surface area (Å²) in [6.07, 6.45) is 2.26. The van der Waals surface area contributed by atoms with Crippen LogP contribution in [0.1, 0.15) is 36.5 Å². The van der Waals surface area contributed by atoms with E-state index in [1.165, 1.54) is 6.07 Å². The molecule has 9 heteroatoms. The Balaban J connectivity index is 1.44. The largest absolute Gasteiger partial charge is 0.494 e. The van der Waals surface area contributed by atoms with E-state index in [9.17, 15) is 18.0 Å². The van der Waals surface area contributed by atoms with Crippen LogP contribution in [0.2, 0.25) is 0 Å².